The summed E-state index contributed by atoms with van der Waals surface area (Å²) in [6.45, 7) is 4.04. The minimum absolute atomic E-state index is 0.108. The zero-order valence-electron chi connectivity index (χ0n) is 19.9. The first-order chi connectivity index (χ1) is 16.4. The molecule has 3 aromatic carbocycles. The molecule has 0 aliphatic rings. The van der Waals surface area contributed by atoms with E-state index in [0.717, 1.165) is 33.2 Å². The maximum absolute atomic E-state index is 13.6. The number of hydrogen-bond donors (Lipinski definition) is 2. The van der Waals surface area contributed by atoms with Gasteiger partial charge in [-0.05, 0) is 42.7 Å². The van der Waals surface area contributed by atoms with Crippen molar-refractivity contribution in [2.75, 3.05) is 7.05 Å². The topological polar surface area (TPSA) is 65.2 Å². The molecule has 2 amide bonds. The summed E-state index contributed by atoms with van der Waals surface area (Å²) in [7, 11) is 1.80. The molecular weight excluding hydrogens is 422 g/mol. The zero-order valence-corrected chi connectivity index (χ0v) is 19.9. The van der Waals surface area contributed by atoms with Gasteiger partial charge >= 0.3 is 0 Å². The van der Waals surface area contributed by atoms with Gasteiger partial charge in [0.15, 0.2) is 0 Å². The van der Waals surface area contributed by atoms with E-state index in [9.17, 15) is 9.59 Å². The summed E-state index contributed by atoms with van der Waals surface area (Å²) < 4.78 is 0. The van der Waals surface area contributed by atoms with Crippen molar-refractivity contribution in [2.24, 2.45) is 0 Å². The Hall–Kier alpha value is -3.86. The van der Waals surface area contributed by atoms with Crippen molar-refractivity contribution >= 4 is 22.7 Å². The summed E-state index contributed by atoms with van der Waals surface area (Å²) in [6, 6.07) is 25.1. The number of fused-ring (bicyclic) bond motifs is 1. The molecule has 2 atom stereocenters. The number of benzene rings is 3. The van der Waals surface area contributed by atoms with Crippen LogP contribution in [0, 0.1) is 6.92 Å². The molecule has 0 radical (unpaired) electrons. The molecule has 4 aromatic rings. The van der Waals surface area contributed by atoms with Gasteiger partial charge in [0.05, 0.1) is 12.5 Å². The fourth-order valence-corrected chi connectivity index (χ4v) is 4.30. The van der Waals surface area contributed by atoms with Gasteiger partial charge in [-0.15, -0.1) is 0 Å². The molecule has 174 valence electrons. The molecule has 0 saturated carbocycles. The molecule has 0 unspecified atom stereocenters. The van der Waals surface area contributed by atoms with Crippen LogP contribution < -0.4 is 5.32 Å². The lowest BCUT2D eigenvalue weighted by Crippen LogP contribution is -2.49. The van der Waals surface area contributed by atoms with Crippen molar-refractivity contribution in [3.63, 3.8) is 0 Å². The Morgan fingerprint density at radius 1 is 0.971 bits per heavy atom. The number of aromatic nitrogens is 1. The van der Waals surface area contributed by atoms with Gasteiger partial charge in [-0.1, -0.05) is 72.3 Å². The van der Waals surface area contributed by atoms with Crippen molar-refractivity contribution in [2.45, 2.75) is 38.8 Å². The first-order valence-corrected chi connectivity index (χ1v) is 11.6. The number of H-pyrrole nitrogens is 1. The number of carbonyl (C=O) groups is 2. The first-order valence-electron chi connectivity index (χ1n) is 11.6. The van der Waals surface area contributed by atoms with Gasteiger partial charge in [0.25, 0.3) is 0 Å². The standard InChI is InChI=1S/C29H31N3O2/c1-20-14-15-26-25(16-20)24(19-30-26)18-28(33)31-27(17-22-10-6-4-7-11-22)29(34)32(3)21(2)23-12-8-5-9-13-23/h4-16,19,21,27,30H,17-18H2,1-3H3,(H,31,33)/t21-,27+/m1/s1. The predicted molar refractivity (Wildman–Crippen MR) is 136 cm³/mol. The second-order valence-corrected chi connectivity index (χ2v) is 8.89. The van der Waals surface area contributed by atoms with Gasteiger partial charge in [0.2, 0.25) is 11.8 Å². The number of likely N-dealkylation sites (N-methyl/N-ethyl adjacent to an activating group) is 1. The van der Waals surface area contributed by atoms with Crippen LogP contribution in [0.5, 0.6) is 0 Å². The fraction of sp³-hybridized carbons (Fsp3) is 0.241. The largest absolute Gasteiger partial charge is 0.361 e. The molecule has 0 spiro atoms. The van der Waals surface area contributed by atoms with Crippen molar-refractivity contribution in [1.82, 2.24) is 15.2 Å². The van der Waals surface area contributed by atoms with E-state index in [0.29, 0.717) is 6.42 Å². The molecule has 4 rings (SSSR count). The van der Waals surface area contributed by atoms with Crippen LogP contribution in [0.4, 0.5) is 0 Å². The van der Waals surface area contributed by atoms with Crippen LogP contribution in [0.15, 0.2) is 85.1 Å². The number of nitrogens with zero attached hydrogens (tertiary/aromatic N) is 1. The van der Waals surface area contributed by atoms with E-state index in [2.05, 4.69) is 16.4 Å². The highest BCUT2D eigenvalue weighted by Gasteiger charge is 2.27. The third-order valence-electron chi connectivity index (χ3n) is 6.40. The van der Waals surface area contributed by atoms with Gasteiger partial charge in [-0.25, -0.2) is 0 Å². The number of carbonyl (C=O) groups excluding carboxylic acids is 2. The van der Waals surface area contributed by atoms with E-state index >= 15 is 0 Å². The average molecular weight is 454 g/mol. The summed E-state index contributed by atoms with van der Waals surface area (Å²) in [4.78, 5) is 31.6. The summed E-state index contributed by atoms with van der Waals surface area (Å²) in [5, 5.41) is 4.06. The van der Waals surface area contributed by atoms with Gasteiger partial charge < -0.3 is 15.2 Å². The first kappa shape index (κ1) is 23.3. The lowest BCUT2D eigenvalue weighted by molar-refractivity contribution is -0.136. The van der Waals surface area contributed by atoms with Crippen molar-refractivity contribution < 1.29 is 9.59 Å². The molecule has 2 N–H and O–H groups in total. The normalized spacial score (nSPS) is 12.8. The van der Waals surface area contributed by atoms with Crippen molar-refractivity contribution in [3.8, 4) is 0 Å². The van der Waals surface area contributed by atoms with Crippen LogP contribution in [0.25, 0.3) is 10.9 Å². The maximum Gasteiger partial charge on any atom is 0.245 e. The van der Waals surface area contributed by atoms with E-state index in [-0.39, 0.29) is 24.3 Å². The summed E-state index contributed by atoms with van der Waals surface area (Å²) >= 11 is 0. The van der Waals surface area contributed by atoms with Gasteiger partial charge in [-0.2, -0.15) is 0 Å². The van der Waals surface area contributed by atoms with E-state index in [1.165, 1.54) is 0 Å². The van der Waals surface area contributed by atoms with Crippen molar-refractivity contribution in [3.05, 3.63) is 107 Å². The third kappa shape index (κ3) is 5.37. The number of amides is 2. The van der Waals surface area contributed by atoms with Gasteiger partial charge in [0.1, 0.15) is 6.04 Å². The average Bonchev–Trinajstić information content (AvgIpc) is 3.25. The quantitative estimate of drug-likeness (QED) is 0.396. The lowest BCUT2D eigenvalue weighted by atomic mass is 10.0. The Morgan fingerprint density at radius 2 is 1.65 bits per heavy atom. The van der Waals surface area contributed by atoms with Crippen LogP contribution >= 0.6 is 0 Å². The monoisotopic (exact) mass is 453 g/mol. The van der Waals surface area contributed by atoms with E-state index in [1.807, 2.05) is 92.8 Å². The van der Waals surface area contributed by atoms with E-state index < -0.39 is 6.04 Å². The summed E-state index contributed by atoms with van der Waals surface area (Å²) in [5.41, 5.74) is 5.12. The molecule has 0 bridgehead atoms. The molecule has 1 heterocycles. The molecule has 34 heavy (non-hydrogen) atoms. The summed E-state index contributed by atoms with van der Waals surface area (Å²) in [6.07, 6.45) is 2.52. The highest BCUT2D eigenvalue weighted by atomic mass is 16.2. The molecular formula is C29H31N3O2. The highest BCUT2D eigenvalue weighted by Crippen LogP contribution is 2.22. The van der Waals surface area contributed by atoms with Gasteiger partial charge in [-0.3, -0.25) is 9.59 Å². The maximum atomic E-state index is 13.6. The number of aromatic amines is 1. The minimum atomic E-state index is -0.655. The molecule has 5 heteroatoms. The minimum Gasteiger partial charge on any atom is -0.361 e. The number of hydrogen-bond acceptors (Lipinski definition) is 2. The van der Waals surface area contributed by atoms with Crippen molar-refractivity contribution in [1.29, 1.82) is 0 Å². The molecule has 0 saturated heterocycles. The Morgan fingerprint density at radius 3 is 2.35 bits per heavy atom. The fourth-order valence-electron chi connectivity index (χ4n) is 4.30. The number of aryl methyl sites for hydroxylation is 1. The second kappa shape index (κ2) is 10.4. The predicted octanol–water partition coefficient (Wildman–Crippen LogP) is 4.97. The smallest absolute Gasteiger partial charge is 0.245 e. The molecule has 1 aromatic heterocycles. The van der Waals surface area contributed by atoms with Crippen LogP contribution in [-0.2, 0) is 22.4 Å². The highest BCUT2D eigenvalue weighted by molar-refractivity contribution is 5.92. The second-order valence-electron chi connectivity index (χ2n) is 8.89. The molecule has 0 aliphatic heterocycles. The van der Waals surface area contributed by atoms with E-state index in [1.54, 1.807) is 11.9 Å². The van der Waals surface area contributed by atoms with Gasteiger partial charge in [0, 0.05) is 30.6 Å². The number of rotatable bonds is 8. The van der Waals surface area contributed by atoms with Crippen LogP contribution in [0.3, 0.4) is 0 Å². The van der Waals surface area contributed by atoms with Crippen LogP contribution in [0.2, 0.25) is 0 Å². The number of nitrogens with one attached hydrogen (secondary N) is 2. The lowest BCUT2D eigenvalue weighted by Gasteiger charge is -2.30. The van der Waals surface area contributed by atoms with E-state index in [4.69, 9.17) is 0 Å². The van der Waals surface area contributed by atoms with Crippen LogP contribution in [0.1, 0.15) is 35.2 Å². The molecule has 5 nitrogen and oxygen atoms in total. The SMILES string of the molecule is Cc1ccc2[nH]cc(CC(=O)N[C@@H](Cc3ccccc3)C(=O)N(C)[C@H](C)c3ccccc3)c2c1. The third-order valence-corrected chi connectivity index (χ3v) is 6.40. The van der Waals surface area contributed by atoms with Crippen LogP contribution in [-0.4, -0.2) is 34.8 Å². The Kier molecular flexibility index (Phi) is 7.12. The Labute approximate surface area is 200 Å². The Bertz CT molecular complexity index is 1260. The molecule has 0 aliphatic carbocycles. The zero-order chi connectivity index (χ0) is 24.1. The summed E-state index contributed by atoms with van der Waals surface area (Å²) in [5.74, 6) is -0.277. The Balaban J connectivity index is 1.53. The molecule has 0 fully saturated rings.